The first-order valence-corrected chi connectivity index (χ1v) is 14.4. The number of fused-ring (bicyclic) bond motifs is 7. The first-order chi connectivity index (χ1) is 15.5. The molecule has 2 nitrogen and oxygen atoms in total. The largest absolute Gasteiger partial charge is 0.323 e. The number of nitrogens with one attached hydrogen (secondary N) is 1. The minimum atomic E-state index is 0. The van der Waals surface area contributed by atoms with Gasteiger partial charge in [-0.3, -0.25) is 11.3 Å². The van der Waals surface area contributed by atoms with E-state index in [0.29, 0.717) is 27.1 Å². The van der Waals surface area contributed by atoms with Crippen molar-refractivity contribution in [2.75, 3.05) is 6.54 Å². The normalized spacial score (nSPS) is 51.3. The molecule has 5 aliphatic rings. The Morgan fingerprint density at radius 1 is 0.912 bits per heavy atom. The van der Waals surface area contributed by atoms with Crippen molar-refractivity contribution < 1.29 is 32.7 Å². The van der Waals surface area contributed by atoms with Gasteiger partial charge in [0.15, 0.2) is 0 Å². The topological polar surface area (TPSA) is 38.0 Å². The maximum absolute atomic E-state index is 5.81. The molecule has 0 heterocycles. The maximum Gasteiger partial charge on any atom is 0.0103 e. The monoisotopic (exact) mass is 542 g/mol. The minimum absolute atomic E-state index is 0. The van der Waals surface area contributed by atoms with Crippen LogP contribution in [-0.2, 0) is 32.7 Å². The van der Waals surface area contributed by atoms with Crippen LogP contribution in [0.2, 0.25) is 0 Å². The van der Waals surface area contributed by atoms with Crippen LogP contribution >= 0.6 is 0 Å². The molecular formula is C31H53N2Y-. The molecule has 9 atom stereocenters. The molecule has 5 rings (SSSR count). The van der Waals surface area contributed by atoms with Gasteiger partial charge < -0.3 is 6.42 Å². The van der Waals surface area contributed by atoms with Crippen molar-refractivity contribution in [1.82, 2.24) is 5.43 Å². The van der Waals surface area contributed by atoms with Crippen molar-refractivity contribution in [1.29, 1.82) is 0 Å². The molecule has 0 saturated heterocycles. The number of allylic oxidation sites excluding steroid dienone is 1. The SMILES string of the molecule is C=C(C)C1CCC2(CCNN)CCC3(C)C(CCC4C5(C)CC[CH-]C(C)(C)C5CCC43C)C12.[Y]. The molecule has 0 aromatic heterocycles. The zero-order chi connectivity index (χ0) is 23.9. The van der Waals surface area contributed by atoms with E-state index in [1.165, 1.54) is 76.2 Å². The van der Waals surface area contributed by atoms with Crippen LogP contribution in [0.25, 0.3) is 0 Å². The van der Waals surface area contributed by atoms with Crippen molar-refractivity contribution in [3.63, 3.8) is 0 Å². The van der Waals surface area contributed by atoms with E-state index in [1.807, 2.05) is 0 Å². The third kappa shape index (κ3) is 3.68. The van der Waals surface area contributed by atoms with Crippen LogP contribution in [0, 0.1) is 63.1 Å². The molecule has 0 bridgehead atoms. The fraction of sp³-hybridized carbons (Fsp3) is 0.903. The summed E-state index contributed by atoms with van der Waals surface area (Å²) < 4.78 is 0. The van der Waals surface area contributed by atoms with Crippen molar-refractivity contribution in [3.8, 4) is 0 Å². The molecule has 34 heavy (non-hydrogen) atoms. The van der Waals surface area contributed by atoms with E-state index in [4.69, 9.17) is 5.84 Å². The van der Waals surface area contributed by atoms with Gasteiger partial charge in [0.05, 0.1) is 0 Å². The Kier molecular flexibility index (Phi) is 7.52. The van der Waals surface area contributed by atoms with Crippen molar-refractivity contribution in [3.05, 3.63) is 18.6 Å². The Labute approximate surface area is 236 Å². The Balaban J connectivity index is 0.00000274. The molecule has 0 spiro atoms. The second-order valence-corrected chi connectivity index (χ2v) is 14.8. The molecule has 3 N–H and O–H groups in total. The van der Waals surface area contributed by atoms with Gasteiger partial charge in [0.25, 0.3) is 0 Å². The van der Waals surface area contributed by atoms with Gasteiger partial charge in [-0.2, -0.15) is 11.8 Å². The average molecular weight is 543 g/mol. The Bertz CT molecular complexity index is 792. The van der Waals surface area contributed by atoms with Gasteiger partial charge in [-0.25, -0.2) is 0 Å². The second-order valence-electron chi connectivity index (χ2n) is 14.8. The van der Waals surface area contributed by atoms with E-state index in [2.05, 4.69) is 60.0 Å². The van der Waals surface area contributed by atoms with Gasteiger partial charge in [-0.15, -0.1) is 0 Å². The molecule has 0 aliphatic heterocycles. The fourth-order valence-corrected chi connectivity index (χ4v) is 11.9. The van der Waals surface area contributed by atoms with Crippen LogP contribution in [0.1, 0.15) is 112 Å². The van der Waals surface area contributed by atoms with Crippen LogP contribution in [-0.4, -0.2) is 6.54 Å². The van der Waals surface area contributed by atoms with E-state index < -0.39 is 0 Å². The molecule has 5 aliphatic carbocycles. The summed E-state index contributed by atoms with van der Waals surface area (Å²) in [6, 6.07) is 0. The average Bonchev–Trinajstić information content (AvgIpc) is 3.12. The summed E-state index contributed by atoms with van der Waals surface area (Å²) >= 11 is 0. The van der Waals surface area contributed by atoms with Gasteiger partial charge in [-0.05, 0) is 104 Å². The van der Waals surface area contributed by atoms with Gasteiger partial charge in [0.1, 0.15) is 0 Å². The quantitative estimate of drug-likeness (QED) is 0.165. The molecular weight excluding hydrogens is 489 g/mol. The number of hydrogen-bond donors (Lipinski definition) is 2. The molecule has 0 aromatic rings. The number of hydrazine groups is 1. The molecule has 9 unspecified atom stereocenters. The Morgan fingerprint density at radius 3 is 2.32 bits per heavy atom. The molecule has 191 valence electrons. The van der Waals surface area contributed by atoms with Gasteiger partial charge in [0.2, 0.25) is 0 Å². The third-order valence-corrected chi connectivity index (χ3v) is 13.5. The van der Waals surface area contributed by atoms with Crippen LogP contribution in [0.3, 0.4) is 0 Å². The summed E-state index contributed by atoms with van der Waals surface area (Å²) in [5.41, 5.74) is 6.84. The van der Waals surface area contributed by atoms with Gasteiger partial charge >= 0.3 is 0 Å². The summed E-state index contributed by atoms with van der Waals surface area (Å²) in [7, 11) is 0. The number of rotatable bonds is 4. The van der Waals surface area contributed by atoms with Crippen molar-refractivity contribution in [2.45, 2.75) is 112 Å². The third-order valence-electron chi connectivity index (χ3n) is 13.5. The molecule has 5 saturated carbocycles. The molecule has 0 amide bonds. The smallest absolute Gasteiger partial charge is 0.0103 e. The Morgan fingerprint density at radius 2 is 1.65 bits per heavy atom. The first kappa shape index (κ1) is 27.8. The van der Waals surface area contributed by atoms with Crippen LogP contribution < -0.4 is 11.3 Å². The zero-order valence-electron chi connectivity index (χ0n) is 23.3. The number of nitrogens with two attached hydrogens (primary N) is 1. The predicted molar refractivity (Wildman–Crippen MR) is 140 cm³/mol. The Hall–Kier alpha value is 0.764. The van der Waals surface area contributed by atoms with Gasteiger partial charge in [-0.1, -0.05) is 65.5 Å². The minimum Gasteiger partial charge on any atom is -0.323 e. The summed E-state index contributed by atoms with van der Waals surface area (Å²) in [6.07, 6.45) is 18.1. The van der Waals surface area contributed by atoms with Crippen molar-refractivity contribution >= 4 is 0 Å². The molecule has 0 aromatic carbocycles. The second kappa shape index (κ2) is 9.20. The van der Waals surface area contributed by atoms with Crippen LogP contribution in [0.4, 0.5) is 0 Å². The standard InChI is InChI=1S/C31H53N2.Y/c1-21(2)22-11-16-31(19-20-33-32)18-17-29(6)23(26(22)31)9-10-25-28(5)14-8-13-27(3,4)24(28)12-15-30(25,29)7;/h13,22-26,33H,1,8-12,14-20,32H2,2-7H3;/q-1;. The zero-order valence-corrected chi connectivity index (χ0v) is 26.1. The molecule has 1 radical (unpaired) electrons. The van der Waals surface area contributed by atoms with E-state index in [-0.39, 0.29) is 32.7 Å². The molecule has 5 fully saturated rings. The van der Waals surface area contributed by atoms with Crippen LogP contribution in [0.15, 0.2) is 12.2 Å². The van der Waals surface area contributed by atoms with E-state index >= 15 is 0 Å². The summed E-state index contributed by atoms with van der Waals surface area (Å²) in [6.45, 7) is 21.2. The van der Waals surface area contributed by atoms with E-state index in [1.54, 1.807) is 0 Å². The number of hydrogen-bond acceptors (Lipinski definition) is 2. The summed E-state index contributed by atoms with van der Waals surface area (Å²) in [4.78, 5) is 0. The van der Waals surface area contributed by atoms with E-state index in [9.17, 15) is 0 Å². The summed E-state index contributed by atoms with van der Waals surface area (Å²) in [5, 5.41) is 0. The fourth-order valence-electron chi connectivity index (χ4n) is 11.9. The molecule has 3 heteroatoms. The predicted octanol–water partition coefficient (Wildman–Crippen LogP) is 7.70. The summed E-state index contributed by atoms with van der Waals surface area (Å²) in [5.74, 6) is 9.97. The maximum atomic E-state index is 5.81. The first-order valence-electron chi connectivity index (χ1n) is 14.4. The van der Waals surface area contributed by atoms with Gasteiger partial charge in [0, 0.05) is 39.3 Å². The van der Waals surface area contributed by atoms with E-state index in [0.717, 1.165) is 36.1 Å². The van der Waals surface area contributed by atoms with Crippen molar-refractivity contribution in [2.24, 2.45) is 62.5 Å². The van der Waals surface area contributed by atoms with Crippen LogP contribution in [0.5, 0.6) is 0 Å².